The Labute approximate surface area is 169 Å². The average Bonchev–Trinajstić information content (AvgIpc) is 2.93. The van der Waals surface area contributed by atoms with Crippen molar-refractivity contribution >= 4 is 23.4 Å². The summed E-state index contributed by atoms with van der Waals surface area (Å²) in [6.45, 7) is 0. The van der Waals surface area contributed by atoms with Gasteiger partial charge in [0.2, 0.25) is 11.8 Å². The van der Waals surface area contributed by atoms with Crippen molar-refractivity contribution in [2.24, 2.45) is 0 Å². The molecule has 148 valence electrons. The van der Waals surface area contributed by atoms with Gasteiger partial charge >= 0.3 is 0 Å². The maximum atomic E-state index is 13.0. The average molecular weight is 403 g/mol. The number of likely N-dealkylation sites (N-methyl/N-ethyl adjacent to an activating group) is 1. The smallest absolute Gasteiger partial charge is 0.247 e. The molecule has 2 amide bonds. The molecule has 1 aliphatic rings. The van der Waals surface area contributed by atoms with Gasteiger partial charge in [0, 0.05) is 31.3 Å². The zero-order chi connectivity index (χ0) is 20.3. The molecule has 0 spiro atoms. The van der Waals surface area contributed by atoms with Gasteiger partial charge in [0.25, 0.3) is 0 Å². The SMILES string of the molecule is CN1C(=O)C(Cc2ccc(Cl)cc2)N(C(=O)CCC(O)O)C1c1ccccc1. The van der Waals surface area contributed by atoms with Gasteiger partial charge in [-0.2, -0.15) is 0 Å². The van der Waals surface area contributed by atoms with Crippen molar-refractivity contribution in [1.29, 1.82) is 0 Å². The van der Waals surface area contributed by atoms with Gasteiger partial charge in [0.05, 0.1) is 0 Å². The number of aliphatic hydroxyl groups excluding tert-OH is 1. The lowest BCUT2D eigenvalue weighted by Gasteiger charge is -2.30. The van der Waals surface area contributed by atoms with Gasteiger partial charge in [-0.25, -0.2) is 0 Å². The van der Waals surface area contributed by atoms with E-state index in [0.29, 0.717) is 11.4 Å². The molecule has 0 saturated carbocycles. The van der Waals surface area contributed by atoms with Crippen LogP contribution in [-0.2, 0) is 16.0 Å². The number of aliphatic hydroxyl groups is 2. The van der Waals surface area contributed by atoms with E-state index in [-0.39, 0.29) is 24.7 Å². The van der Waals surface area contributed by atoms with Gasteiger partial charge in [0.1, 0.15) is 12.2 Å². The van der Waals surface area contributed by atoms with Gasteiger partial charge in [0.15, 0.2) is 6.29 Å². The third-order valence-electron chi connectivity index (χ3n) is 4.94. The van der Waals surface area contributed by atoms with Crippen molar-refractivity contribution < 1.29 is 19.8 Å². The van der Waals surface area contributed by atoms with Crippen molar-refractivity contribution in [2.45, 2.75) is 37.8 Å². The first kappa shape index (κ1) is 20.3. The molecule has 0 aromatic heterocycles. The van der Waals surface area contributed by atoms with Crippen molar-refractivity contribution in [3.63, 3.8) is 0 Å². The fourth-order valence-corrected chi connectivity index (χ4v) is 3.69. The van der Waals surface area contributed by atoms with Crippen LogP contribution in [0.2, 0.25) is 5.02 Å². The summed E-state index contributed by atoms with van der Waals surface area (Å²) in [6.07, 6.45) is -1.88. The number of carbonyl (C=O) groups excluding carboxylic acids is 2. The highest BCUT2D eigenvalue weighted by Crippen LogP contribution is 2.35. The standard InChI is InChI=1S/C21H23ClN2O4/c1-23-20(15-5-3-2-4-6-15)24(18(25)11-12-19(26)27)17(21(23)28)13-14-7-9-16(22)10-8-14/h2-10,17,19-20,26-27H,11-13H2,1H3. The molecule has 1 aliphatic heterocycles. The third kappa shape index (κ3) is 4.35. The molecule has 1 saturated heterocycles. The third-order valence-corrected chi connectivity index (χ3v) is 5.20. The second-order valence-electron chi connectivity index (χ2n) is 6.90. The first-order chi connectivity index (χ1) is 13.4. The predicted octanol–water partition coefficient (Wildman–Crippen LogP) is 2.34. The summed E-state index contributed by atoms with van der Waals surface area (Å²) in [4.78, 5) is 29.1. The lowest BCUT2D eigenvalue weighted by molar-refractivity contribution is -0.138. The summed E-state index contributed by atoms with van der Waals surface area (Å²) in [7, 11) is 1.68. The van der Waals surface area contributed by atoms with E-state index in [1.165, 1.54) is 0 Å². The van der Waals surface area contributed by atoms with Crippen molar-refractivity contribution in [1.82, 2.24) is 9.80 Å². The summed E-state index contributed by atoms with van der Waals surface area (Å²) in [5, 5.41) is 18.9. The minimum atomic E-state index is -1.56. The Hall–Kier alpha value is -2.41. The monoisotopic (exact) mass is 402 g/mol. The number of hydrogen-bond acceptors (Lipinski definition) is 4. The molecule has 2 atom stereocenters. The summed E-state index contributed by atoms with van der Waals surface area (Å²) < 4.78 is 0. The van der Waals surface area contributed by atoms with Crippen LogP contribution in [0.4, 0.5) is 0 Å². The van der Waals surface area contributed by atoms with E-state index >= 15 is 0 Å². The van der Waals surface area contributed by atoms with E-state index in [0.717, 1.165) is 11.1 Å². The van der Waals surface area contributed by atoms with Crippen molar-refractivity contribution in [3.8, 4) is 0 Å². The van der Waals surface area contributed by atoms with E-state index in [4.69, 9.17) is 21.8 Å². The minimum absolute atomic E-state index is 0.0563. The van der Waals surface area contributed by atoms with Gasteiger partial charge in [-0.3, -0.25) is 9.59 Å². The van der Waals surface area contributed by atoms with Crippen LogP contribution in [0.3, 0.4) is 0 Å². The van der Waals surface area contributed by atoms with Crippen LogP contribution in [0.25, 0.3) is 0 Å². The van der Waals surface area contributed by atoms with Crippen LogP contribution in [0, 0.1) is 0 Å². The van der Waals surface area contributed by atoms with Crippen LogP contribution in [0.15, 0.2) is 54.6 Å². The quantitative estimate of drug-likeness (QED) is 0.727. The minimum Gasteiger partial charge on any atom is -0.368 e. The predicted molar refractivity (Wildman–Crippen MR) is 105 cm³/mol. The zero-order valence-corrected chi connectivity index (χ0v) is 16.3. The summed E-state index contributed by atoms with van der Waals surface area (Å²) in [5.41, 5.74) is 1.72. The molecule has 2 unspecified atom stereocenters. The molecule has 1 fully saturated rings. The number of amides is 2. The summed E-state index contributed by atoms with van der Waals surface area (Å²) in [6, 6.07) is 15.9. The van der Waals surface area contributed by atoms with Crippen LogP contribution in [0.5, 0.6) is 0 Å². The zero-order valence-electron chi connectivity index (χ0n) is 15.5. The Morgan fingerprint density at radius 3 is 2.36 bits per heavy atom. The molecule has 2 aromatic carbocycles. The summed E-state index contributed by atoms with van der Waals surface area (Å²) in [5.74, 6) is -0.444. The summed E-state index contributed by atoms with van der Waals surface area (Å²) >= 11 is 5.95. The number of rotatable bonds is 6. The second-order valence-corrected chi connectivity index (χ2v) is 7.34. The van der Waals surface area contributed by atoms with Crippen LogP contribution >= 0.6 is 11.6 Å². The molecule has 7 heteroatoms. The number of halogens is 1. The van der Waals surface area contributed by atoms with Crippen LogP contribution < -0.4 is 0 Å². The fraction of sp³-hybridized carbons (Fsp3) is 0.333. The van der Waals surface area contributed by atoms with Crippen LogP contribution in [-0.4, -0.2) is 51.2 Å². The highest BCUT2D eigenvalue weighted by atomic mass is 35.5. The van der Waals surface area contributed by atoms with Gasteiger partial charge < -0.3 is 20.0 Å². The maximum absolute atomic E-state index is 13.0. The molecule has 6 nitrogen and oxygen atoms in total. The lowest BCUT2D eigenvalue weighted by Crippen LogP contribution is -2.41. The van der Waals surface area contributed by atoms with E-state index in [1.54, 1.807) is 29.0 Å². The second kappa shape index (κ2) is 8.73. The molecule has 2 N–H and O–H groups in total. The molecular weight excluding hydrogens is 380 g/mol. The Bertz CT molecular complexity index is 826. The number of hydrogen-bond donors (Lipinski definition) is 2. The first-order valence-corrected chi connectivity index (χ1v) is 9.49. The van der Waals surface area contributed by atoms with E-state index < -0.39 is 18.5 Å². The largest absolute Gasteiger partial charge is 0.368 e. The van der Waals surface area contributed by atoms with Gasteiger partial charge in [-0.05, 0) is 23.3 Å². The van der Waals surface area contributed by atoms with E-state index in [9.17, 15) is 9.59 Å². The molecule has 0 aliphatic carbocycles. The number of carbonyl (C=O) groups is 2. The highest BCUT2D eigenvalue weighted by molar-refractivity contribution is 6.30. The van der Waals surface area contributed by atoms with E-state index in [1.807, 2.05) is 42.5 Å². The van der Waals surface area contributed by atoms with Gasteiger partial charge in [-0.15, -0.1) is 0 Å². The van der Waals surface area contributed by atoms with Crippen LogP contribution in [0.1, 0.15) is 30.1 Å². The lowest BCUT2D eigenvalue weighted by atomic mass is 10.0. The Balaban J connectivity index is 1.94. The topological polar surface area (TPSA) is 81.1 Å². The Morgan fingerprint density at radius 1 is 1.11 bits per heavy atom. The molecule has 0 bridgehead atoms. The van der Waals surface area contributed by atoms with Crippen molar-refractivity contribution in [3.05, 3.63) is 70.7 Å². The first-order valence-electron chi connectivity index (χ1n) is 9.12. The molecule has 3 rings (SSSR count). The van der Waals surface area contributed by atoms with Gasteiger partial charge in [-0.1, -0.05) is 54.1 Å². The van der Waals surface area contributed by atoms with E-state index in [2.05, 4.69) is 0 Å². The highest BCUT2D eigenvalue weighted by Gasteiger charge is 2.46. The molecule has 1 heterocycles. The molecule has 2 aromatic rings. The molecule has 0 radical (unpaired) electrons. The molecular formula is C21H23ClN2O4. The normalized spacial score (nSPS) is 19.5. The van der Waals surface area contributed by atoms with Crippen molar-refractivity contribution in [2.75, 3.05) is 7.05 Å². The maximum Gasteiger partial charge on any atom is 0.247 e. The number of benzene rings is 2. The Morgan fingerprint density at radius 2 is 1.75 bits per heavy atom. The Kier molecular flexibility index (Phi) is 6.34. The number of nitrogens with zero attached hydrogens (tertiary/aromatic N) is 2. The fourth-order valence-electron chi connectivity index (χ4n) is 3.56. The molecule has 28 heavy (non-hydrogen) atoms.